The number of fused-ring (bicyclic) bond motifs is 1. The van der Waals surface area contributed by atoms with Crippen molar-refractivity contribution in [2.24, 2.45) is 0 Å². The van der Waals surface area contributed by atoms with E-state index in [-0.39, 0.29) is 5.82 Å². The first-order valence-corrected chi connectivity index (χ1v) is 8.51. The number of pyridine rings is 2. The van der Waals surface area contributed by atoms with Gasteiger partial charge in [-0.3, -0.25) is 9.20 Å². The molecule has 0 aliphatic carbocycles. The molecule has 3 heterocycles. The number of halogens is 4. The number of aromatic nitrogens is 3. The first-order chi connectivity index (χ1) is 12.2. The van der Waals surface area contributed by atoms with Crippen molar-refractivity contribution in [2.75, 3.05) is 5.32 Å². The Morgan fingerprint density at radius 1 is 1.35 bits per heavy atom. The van der Waals surface area contributed by atoms with Crippen LogP contribution in [-0.2, 0) is 12.6 Å². The molecule has 3 rings (SSSR count). The highest BCUT2D eigenvalue weighted by molar-refractivity contribution is 9.10. The summed E-state index contributed by atoms with van der Waals surface area (Å²) in [5, 5.41) is 2.54. The maximum Gasteiger partial charge on any atom is 0.417 e. The minimum absolute atomic E-state index is 0.0340. The summed E-state index contributed by atoms with van der Waals surface area (Å²) in [7, 11) is 0. The van der Waals surface area contributed by atoms with Crippen molar-refractivity contribution in [3.05, 3.63) is 57.6 Å². The molecule has 0 aromatic carbocycles. The molecule has 0 unspecified atom stereocenters. The molecule has 5 nitrogen and oxygen atoms in total. The normalized spacial score (nSPS) is 11.8. The van der Waals surface area contributed by atoms with E-state index in [0.29, 0.717) is 29.7 Å². The summed E-state index contributed by atoms with van der Waals surface area (Å²) in [6.07, 6.45) is -1.49. The van der Waals surface area contributed by atoms with Crippen LogP contribution >= 0.6 is 15.9 Å². The van der Waals surface area contributed by atoms with Gasteiger partial charge in [-0.1, -0.05) is 6.92 Å². The summed E-state index contributed by atoms with van der Waals surface area (Å²) in [4.78, 5) is 20.9. The monoisotopic (exact) mass is 426 g/mol. The number of carbonyl (C=O) groups is 1. The van der Waals surface area contributed by atoms with Gasteiger partial charge in [-0.2, -0.15) is 13.2 Å². The van der Waals surface area contributed by atoms with Crippen LogP contribution < -0.4 is 5.32 Å². The van der Waals surface area contributed by atoms with Gasteiger partial charge in [-0.15, -0.1) is 0 Å². The highest BCUT2D eigenvalue weighted by Crippen LogP contribution is 2.29. The first-order valence-electron chi connectivity index (χ1n) is 7.72. The van der Waals surface area contributed by atoms with E-state index in [1.807, 2.05) is 19.9 Å². The maximum absolute atomic E-state index is 12.7. The van der Waals surface area contributed by atoms with Crippen molar-refractivity contribution < 1.29 is 18.0 Å². The summed E-state index contributed by atoms with van der Waals surface area (Å²) in [5.41, 5.74) is 1.55. The molecule has 136 valence electrons. The van der Waals surface area contributed by atoms with Gasteiger partial charge in [0.05, 0.1) is 15.7 Å². The zero-order valence-electron chi connectivity index (χ0n) is 13.9. The number of hydrogen-bond donors (Lipinski definition) is 1. The Kier molecular flexibility index (Phi) is 4.74. The second-order valence-electron chi connectivity index (χ2n) is 5.70. The highest BCUT2D eigenvalue weighted by atomic mass is 79.9. The zero-order chi connectivity index (χ0) is 19.1. The van der Waals surface area contributed by atoms with Crippen LogP contribution in [-0.4, -0.2) is 20.3 Å². The molecule has 26 heavy (non-hydrogen) atoms. The number of nitrogens with zero attached hydrogens (tertiary/aromatic N) is 3. The van der Waals surface area contributed by atoms with Crippen molar-refractivity contribution >= 4 is 33.3 Å². The molecule has 3 aromatic rings. The Morgan fingerprint density at radius 3 is 2.65 bits per heavy atom. The molecule has 1 N–H and O–H groups in total. The van der Waals surface area contributed by atoms with E-state index in [4.69, 9.17) is 0 Å². The molecular weight excluding hydrogens is 413 g/mol. The van der Waals surface area contributed by atoms with Crippen LogP contribution in [0.2, 0.25) is 0 Å². The Labute approximate surface area is 155 Å². The molecular formula is C17H14BrF3N4O. The lowest BCUT2D eigenvalue weighted by Gasteiger charge is -2.09. The molecule has 0 saturated carbocycles. The molecule has 0 atom stereocenters. The second kappa shape index (κ2) is 6.71. The number of aryl methyl sites for hydroxylation is 2. The van der Waals surface area contributed by atoms with Gasteiger partial charge in [0.25, 0.3) is 5.91 Å². The average Bonchev–Trinajstić information content (AvgIpc) is 2.93. The van der Waals surface area contributed by atoms with Crippen LogP contribution in [0.3, 0.4) is 0 Å². The Bertz CT molecular complexity index is 980. The second-order valence-corrected chi connectivity index (χ2v) is 6.56. The van der Waals surface area contributed by atoms with E-state index in [2.05, 4.69) is 31.2 Å². The Balaban J connectivity index is 1.97. The van der Waals surface area contributed by atoms with Crippen molar-refractivity contribution in [3.8, 4) is 0 Å². The first kappa shape index (κ1) is 18.4. The van der Waals surface area contributed by atoms with Crippen LogP contribution in [0, 0.1) is 6.92 Å². The lowest BCUT2D eigenvalue weighted by Crippen LogP contribution is -2.17. The molecule has 0 bridgehead atoms. The van der Waals surface area contributed by atoms with Crippen molar-refractivity contribution in [1.29, 1.82) is 0 Å². The van der Waals surface area contributed by atoms with Gasteiger partial charge in [0.1, 0.15) is 11.5 Å². The minimum Gasteiger partial charge on any atom is -0.305 e. The SMILES string of the molecule is CCc1nc2c(Br)cc(C)cn2c1C(=O)Nc1ccc(C(F)(F)F)cn1. The van der Waals surface area contributed by atoms with E-state index < -0.39 is 17.6 Å². The van der Waals surface area contributed by atoms with Crippen molar-refractivity contribution in [3.63, 3.8) is 0 Å². The van der Waals surface area contributed by atoms with Crippen LogP contribution in [0.1, 0.15) is 34.2 Å². The largest absolute Gasteiger partial charge is 0.417 e. The summed E-state index contributed by atoms with van der Waals surface area (Å²) in [6, 6.07) is 3.89. The third-order valence-corrected chi connectivity index (χ3v) is 4.35. The summed E-state index contributed by atoms with van der Waals surface area (Å²) >= 11 is 3.43. The fourth-order valence-corrected chi connectivity index (χ4v) is 3.22. The number of imidazole rings is 1. The predicted octanol–water partition coefficient (Wildman–Crippen LogP) is 4.63. The standard InChI is InChI=1S/C17H14BrF3N4O/c1-3-12-14(25-8-9(2)6-11(18)15(25)23-12)16(26)24-13-5-4-10(7-22-13)17(19,20)21/h4-8H,3H2,1-2H3,(H,22,24,26). The van der Waals surface area contributed by atoms with E-state index >= 15 is 0 Å². The van der Waals surface area contributed by atoms with Crippen LogP contribution in [0.4, 0.5) is 19.0 Å². The average molecular weight is 427 g/mol. The van der Waals surface area contributed by atoms with Crippen LogP contribution in [0.15, 0.2) is 35.1 Å². The molecule has 0 aliphatic rings. The van der Waals surface area contributed by atoms with Crippen LogP contribution in [0.25, 0.3) is 5.65 Å². The topological polar surface area (TPSA) is 59.3 Å². The molecule has 0 saturated heterocycles. The van der Waals surface area contributed by atoms with Gasteiger partial charge < -0.3 is 5.32 Å². The molecule has 3 aromatic heterocycles. The maximum atomic E-state index is 12.7. The molecule has 9 heteroatoms. The number of alkyl halides is 3. The molecule has 0 spiro atoms. The minimum atomic E-state index is -4.48. The summed E-state index contributed by atoms with van der Waals surface area (Å²) in [5.74, 6) is -0.453. The van der Waals surface area contributed by atoms with E-state index in [9.17, 15) is 18.0 Å². The zero-order valence-corrected chi connectivity index (χ0v) is 15.4. The lowest BCUT2D eigenvalue weighted by molar-refractivity contribution is -0.137. The highest BCUT2D eigenvalue weighted by Gasteiger charge is 2.30. The molecule has 0 radical (unpaired) electrons. The fraction of sp³-hybridized carbons (Fsp3) is 0.235. The number of anilines is 1. The third kappa shape index (κ3) is 3.44. The molecule has 1 amide bonds. The van der Waals surface area contributed by atoms with E-state index in [1.165, 1.54) is 0 Å². The number of carbonyl (C=O) groups excluding carboxylic acids is 1. The quantitative estimate of drug-likeness (QED) is 0.663. The van der Waals surface area contributed by atoms with Crippen LogP contribution in [0.5, 0.6) is 0 Å². The van der Waals surface area contributed by atoms with Gasteiger partial charge in [-0.25, -0.2) is 9.97 Å². The van der Waals surface area contributed by atoms with Gasteiger partial charge in [-0.05, 0) is 53.0 Å². The van der Waals surface area contributed by atoms with E-state index in [0.717, 1.165) is 22.2 Å². The van der Waals surface area contributed by atoms with Gasteiger partial charge in [0.2, 0.25) is 0 Å². The molecule has 0 fully saturated rings. The third-order valence-electron chi connectivity index (χ3n) is 3.77. The molecule has 0 aliphatic heterocycles. The predicted molar refractivity (Wildman–Crippen MR) is 94.2 cm³/mol. The van der Waals surface area contributed by atoms with E-state index in [1.54, 1.807) is 10.6 Å². The summed E-state index contributed by atoms with van der Waals surface area (Å²) < 4.78 is 40.2. The Morgan fingerprint density at radius 2 is 2.08 bits per heavy atom. The van der Waals surface area contributed by atoms with Gasteiger partial charge in [0.15, 0.2) is 5.65 Å². The number of hydrogen-bond acceptors (Lipinski definition) is 3. The van der Waals surface area contributed by atoms with Gasteiger partial charge in [0, 0.05) is 12.4 Å². The lowest BCUT2D eigenvalue weighted by atomic mass is 10.2. The number of nitrogens with one attached hydrogen (secondary N) is 1. The number of amides is 1. The Hall–Kier alpha value is -2.42. The van der Waals surface area contributed by atoms with Gasteiger partial charge >= 0.3 is 6.18 Å². The smallest absolute Gasteiger partial charge is 0.305 e. The summed E-state index contributed by atoms with van der Waals surface area (Å²) in [6.45, 7) is 3.75. The fourth-order valence-electron chi connectivity index (χ4n) is 2.58. The number of rotatable bonds is 3. The van der Waals surface area contributed by atoms with Crippen molar-refractivity contribution in [1.82, 2.24) is 14.4 Å². The van der Waals surface area contributed by atoms with Crippen molar-refractivity contribution in [2.45, 2.75) is 26.4 Å².